The second kappa shape index (κ2) is 8.00. The minimum Gasteiger partial charge on any atom is -0.465 e. The molecule has 1 aromatic heterocycles. The minimum atomic E-state index is -0.0349. The van der Waals surface area contributed by atoms with Gasteiger partial charge in [-0.1, -0.05) is 0 Å². The Balaban J connectivity index is 1.64. The third-order valence-electron chi connectivity index (χ3n) is 4.65. The van der Waals surface area contributed by atoms with Crippen LogP contribution >= 0.6 is 0 Å². The summed E-state index contributed by atoms with van der Waals surface area (Å²) in [6.07, 6.45) is 0. The number of nitrogens with one attached hydrogen (secondary N) is 1. The van der Waals surface area contributed by atoms with E-state index in [2.05, 4.69) is 10.2 Å². The Hall–Kier alpha value is -1.57. The molecule has 2 amide bonds. The summed E-state index contributed by atoms with van der Waals surface area (Å²) in [6, 6.07) is 4.06. The second-order valence-electron chi connectivity index (χ2n) is 6.42. The lowest BCUT2D eigenvalue weighted by atomic mass is 10.1. The molecule has 24 heavy (non-hydrogen) atoms. The van der Waals surface area contributed by atoms with Crippen LogP contribution in [0.1, 0.15) is 24.5 Å². The van der Waals surface area contributed by atoms with E-state index in [9.17, 15) is 4.79 Å². The highest BCUT2D eigenvalue weighted by molar-refractivity contribution is 5.74. The van der Waals surface area contributed by atoms with Gasteiger partial charge in [-0.05, 0) is 26.0 Å². The zero-order chi connectivity index (χ0) is 16.9. The fraction of sp³-hybridized carbons (Fsp3) is 0.706. The highest BCUT2D eigenvalue weighted by atomic mass is 16.5. The monoisotopic (exact) mass is 337 g/mol. The van der Waals surface area contributed by atoms with Crippen molar-refractivity contribution in [3.05, 3.63) is 23.7 Å². The maximum absolute atomic E-state index is 12.5. The van der Waals surface area contributed by atoms with Crippen molar-refractivity contribution in [2.75, 3.05) is 52.6 Å². The summed E-state index contributed by atoms with van der Waals surface area (Å²) < 4.78 is 16.7. The molecule has 0 saturated carbocycles. The smallest absolute Gasteiger partial charge is 0.317 e. The Bertz CT molecular complexity index is 542. The van der Waals surface area contributed by atoms with Crippen LogP contribution in [0.2, 0.25) is 0 Å². The van der Waals surface area contributed by atoms with Crippen LogP contribution in [-0.4, -0.2) is 74.5 Å². The van der Waals surface area contributed by atoms with Crippen LogP contribution in [0.4, 0.5) is 4.79 Å². The van der Waals surface area contributed by atoms with E-state index in [1.54, 1.807) is 0 Å². The summed E-state index contributed by atoms with van der Waals surface area (Å²) in [6.45, 7) is 9.41. The van der Waals surface area contributed by atoms with E-state index >= 15 is 0 Å². The molecule has 3 heterocycles. The van der Waals surface area contributed by atoms with E-state index in [1.807, 2.05) is 30.9 Å². The minimum absolute atomic E-state index is 0.0305. The molecule has 0 radical (unpaired) electrons. The largest absolute Gasteiger partial charge is 0.465 e. The molecule has 1 aromatic rings. The number of aryl methyl sites for hydroxylation is 1. The molecular weight excluding hydrogens is 310 g/mol. The molecule has 7 heteroatoms. The highest BCUT2D eigenvalue weighted by Crippen LogP contribution is 2.23. The molecule has 2 fully saturated rings. The third-order valence-corrected chi connectivity index (χ3v) is 4.65. The van der Waals surface area contributed by atoms with Crippen molar-refractivity contribution >= 4 is 6.03 Å². The van der Waals surface area contributed by atoms with Crippen molar-refractivity contribution in [2.45, 2.75) is 25.9 Å². The Morgan fingerprint density at radius 1 is 1.25 bits per heavy atom. The molecule has 1 N–H and O–H groups in total. The van der Waals surface area contributed by atoms with Crippen LogP contribution in [0.25, 0.3) is 0 Å². The lowest BCUT2D eigenvalue weighted by Gasteiger charge is -2.36. The van der Waals surface area contributed by atoms with Crippen LogP contribution in [0.15, 0.2) is 16.5 Å². The number of hydrogen-bond acceptors (Lipinski definition) is 5. The first-order valence-corrected chi connectivity index (χ1v) is 8.65. The summed E-state index contributed by atoms with van der Waals surface area (Å²) in [5, 5.41) is 3.08. The molecule has 7 nitrogen and oxygen atoms in total. The van der Waals surface area contributed by atoms with Gasteiger partial charge in [-0.25, -0.2) is 4.79 Å². The number of urea groups is 1. The lowest BCUT2D eigenvalue weighted by molar-refractivity contribution is 0.00842. The van der Waals surface area contributed by atoms with Crippen molar-refractivity contribution in [1.29, 1.82) is 0 Å². The maximum atomic E-state index is 12.5. The fourth-order valence-electron chi connectivity index (χ4n) is 3.25. The Kier molecular flexibility index (Phi) is 5.76. The average molecular weight is 337 g/mol. The molecule has 2 atom stereocenters. The van der Waals surface area contributed by atoms with Gasteiger partial charge in [-0.2, -0.15) is 0 Å². The molecule has 134 valence electrons. The van der Waals surface area contributed by atoms with E-state index in [0.717, 1.165) is 24.6 Å². The van der Waals surface area contributed by atoms with Gasteiger partial charge < -0.3 is 24.1 Å². The molecule has 3 rings (SSSR count). The number of carbonyl (C=O) groups excluding carboxylic acids is 1. The van der Waals surface area contributed by atoms with E-state index in [-0.39, 0.29) is 18.1 Å². The number of amides is 2. The number of furan rings is 1. The van der Waals surface area contributed by atoms with Gasteiger partial charge in [0.1, 0.15) is 11.5 Å². The van der Waals surface area contributed by atoms with Gasteiger partial charge in [0.2, 0.25) is 0 Å². The molecule has 0 spiro atoms. The quantitative estimate of drug-likeness (QED) is 0.899. The topological polar surface area (TPSA) is 67.2 Å². The summed E-state index contributed by atoms with van der Waals surface area (Å²) in [7, 11) is 0. The molecule has 2 saturated heterocycles. The van der Waals surface area contributed by atoms with Crippen LogP contribution in [-0.2, 0) is 9.47 Å². The Morgan fingerprint density at radius 3 is 2.67 bits per heavy atom. The normalized spacial score (nSPS) is 23.9. The van der Waals surface area contributed by atoms with Crippen molar-refractivity contribution < 1.29 is 18.7 Å². The average Bonchev–Trinajstić information content (AvgIpc) is 3.02. The van der Waals surface area contributed by atoms with Gasteiger partial charge in [0.05, 0.1) is 38.5 Å². The number of nitrogens with zero attached hydrogens (tertiary/aromatic N) is 2. The molecule has 0 aromatic carbocycles. The molecule has 0 bridgehead atoms. The summed E-state index contributed by atoms with van der Waals surface area (Å²) in [5.41, 5.74) is 0. The van der Waals surface area contributed by atoms with Crippen LogP contribution < -0.4 is 5.32 Å². The number of rotatable bonds is 4. The highest BCUT2D eigenvalue weighted by Gasteiger charge is 2.28. The van der Waals surface area contributed by atoms with Gasteiger partial charge in [0.25, 0.3) is 0 Å². The van der Waals surface area contributed by atoms with Gasteiger partial charge in [-0.15, -0.1) is 0 Å². The van der Waals surface area contributed by atoms with Gasteiger partial charge >= 0.3 is 6.03 Å². The maximum Gasteiger partial charge on any atom is 0.317 e. The predicted molar refractivity (Wildman–Crippen MR) is 89.0 cm³/mol. The van der Waals surface area contributed by atoms with Crippen molar-refractivity contribution in [1.82, 2.24) is 15.1 Å². The van der Waals surface area contributed by atoms with Crippen molar-refractivity contribution in [2.24, 2.45) is 0 Å². The van der Waals surface area contributed by atoms with Gasteiger partial charge in [-0.3, -0.25) is 4.90 Å². The molecule has 2 aliphatic heterocycles. The van der Waals surface area contributed by atoms with Crippen molar-refractivity contribution in [3.63, 3.8) is 0 Å². The molecule has 2 aliphatic rings. The fourth-order valence-corrected chi connectivity index (χ4v) is 3.25. The zero-order valence-corrected chi connectivity index (χ0v) is 14.5. The summed E-state index contributed by atoms with van der Waals surface area (Å²) in [4.78, 5) is 16.7. The SMILES string of the molecule is Cc1ccc([C@H](CNC(=O)N2CCOC[C@H]2C)N2CCOCC2)o1. The van der Waals surface area contributed by atoms with Gasteiger partial charge in [0, 0.05) is 26.2 Å². The van der Waals surface area contributed by atoms with Gasteiger partial charge in [0.15, 0.2) is 0 Å². The lowest BCUT2D eigenvalue weighted by Crippen LogP contribution is -2.53. The standard InChI is InChI=1S/C17H27N3O4/c1-13-12-23-10-7-20(13)17(21)18-11-15(16-4-3-14(2)24-16)19-5-8-22-9-6-19/h3-4,13,15H,5-12H2,1-2H3,(H,18,21)/t13-,15+/m1/s1. The number of morpholine rings is 2. The molecule has 0 aliphatic carbocycles. The van der Waals surface area contributed by atoms with E-state index in [4.69, 9.17) is 13.9 Å². The summed E-state index contributed by atoms with van der Waals surface area (Å²) in [5.74, 6) is 1.78. The van der Waals surface area contributed by atoms with Crippen LogP contribution in [0.5, 0.6) is 0 Å². The van der Waals surface area contributed by atoms with E-state index < -0.39 is 0 Å². The molecular formula is C17H27N3O4. The summed E-state index contributed by atoms with van der Waals surface area (Å²) >= 11 is 0. The van der Waals surface area contributed by atoms with E-state index in [1.165, 1.54) is 0 Å². The second-order valence-corrected chi connectivity index (χ2v) is 6.42. The predicted octanol–water partition coefficient (Wildman–Crippen LogP) is 1.39. The van der Waals surface area contributed by atoms with Crippen LogP contribution in [0.3, 0.4) is 0 Å². The number of ether oxygens (including phenoxy) is 2. The Labute approximate surface area is 142 Å². The van der Waals surface area contributed by atoms with E-state index in [0.29, 0.717) is 39.5 Å². The zero-order valence-electron chi connectivity index (χ0n) is 14.5. The Morgan fingerprint density at radius 2 is 2.00 bits per heavy atom. The molecule has 0 unspecified atom stereocenters. The first kappa shape index (κ1) is 17.3. The van der Waals surface area contributed by atoms with Crippen molar-refractivity contribution in [3.8, 4) is 0 Å². The first-order valence-electron chi connectivity index (χ1n) is 8.65. The number of carbonyl (C=O) groups is 1. The van der Waals surface area contributed by atoms with Crippen LogP contribution in [0, 0.1) is 6.92 Å². The first-order chi connectivity index (χ1) is 11.6. The number of hydrogen-bond donors (Lipinski definition) is 1. The third kappa shape index (κ3) is 4.09.